The predicted octanol–water partition coefficient (Wildman–Crippen LogP) is 2.84. The molecule has 0 bridgehead atoms. The number of hydrogen-bond acceptors (Lipinski definition) is 3. The summed E-state index contributed by atoms with van der Waals surface area (Å²) in [5, 5.41) is 10.9. The fraction of sp³-hybridized carbons (Fsp3) is 0.556. The first-order valence-corrected chi connectivity index (χ1v) is 6.47. The molecule has 2 heterocycles. The highest BCUT2D eigenvalue weighted by molar-refractivity contribution is 9.10. The number of halogens is 2. The van der Waals surface area contributed by atoms with Crippen molar-refractivity contribution in [1.82, 2.24) is 9.88 Å². The molecule has 0 atom stereocenters. The van der Waals surface area contributed by atoms with Crippen LogP contribution in [0, 0.1) is 0 Å². The van der Waals surface area contributed by atoms with Gasteiger partial charge in [-0.25, -0.2) is 14.2 Å². The molecule has 1 saturated heterocycles. The molecule has 1 fully saturated rings. The number of carboxylic acid groups (broad SMARTS) is 1. The average molecular weight is 309 g/mol. The summed E-state index contributed by atoms with van der Waals surface area (Å²) >= 11 is 4.45. The number of piperidine rings is 1. The number of hydrogen-bond donors (Lipinski definition) is 1. The zero-order valence-electron chi connectivity index (χ0n) is 8.32. The SMILES string of the molecule is O=C(O)N1CCC(F)(c2nc(Br)cs2)CC1. The molecule has 2 rings (SSSR count). The van der Waals surface area contributed by atoms with Crippen LogP contribution in [0.25, 0.3) is 0 Å². The van der Waals surface area contributed by atoms with Gasteiger partial charge in [0.1, 0.15) is 9.61 Å². The third kappa shape index (κ3) is 2.20. The van der Waals surface area contributed by atoms with E-state index in [-0.39, 0.29) is 25.9 Å². The summed E-state index contributed by atoms with van der Waals surface area (Å²) in [5.41, 5.74) is -1.47. The molecule has 0 aromatic carbocycles. The maximum Gasteiger partial charge on any atom is 0.407 e. The van der Waals surface area contributed by atoms with Crippen molar-refractivity contribution in [1.29, 1.82) is 0 Å². The van der Waals surface area contributed by atoms with E-state index >= 15 is 0 Å². The largest absolute Gasteiger partial charge is 0.465 e. The van der Waals surface area contributed by atoms with Crippen LogP contribution in [0.15, 0.2) is 9.98 Å². The molecule has 1 aromatic heterocycles. The molecule has 0 radical (unpaired) electrons. The molecule has 1 aliphatic rings. The van der Waals surface area contributed by atoms with Gasteiger partial charge in [0.15, 0.2) is 5.67 Å². The Hall–Kier alpha value is -0.690. The minimum absolute atomic E-state index is 0.180. The van der Waals surface area contributed by atoms with Crippen molar-refractivity contribution in [2.45, 2.75) is 18.5 Å². The molecular weight excluding hydrogens is 299 g/mol. The van der Waals surface area contributed by atoms with Crippen LogP contribution < -0.4 is 0 Å². The number of thiazole rings is 1. The van der Waals surface area contributed by atoms with E-state index < -0.39 is 11.8 Å². The van der Waals surface area contributed by atoms with E-state index in [0.29, 0.717) is 9.61 Å². The number of amides is 1. The summed E-state index contributed by atoms with van der Waals surface area (Å²) in [7, 11) is 0. The number of nitrogens with zero attached hydrogens (tertiary/aromatic N) is 2. The fourth-order valence-electron chi connectivity index (χ4n) is 1.73. The van der Waals surface area contributed by atoms with Crippen LogP contribution in [0.3, 0.4) is 0 Å². The van der Waals surface area contributed by atoms with E-state index in [0.717, 1.165) is 0 Å². The van der Waals surface area contributed by atoms with Crippen LogP contribution in [-0.2, 0) is 5.67 Å². The molecule has 4 nitrogen and oxygen atoms in total. The zero-order valence-corrected chi connectivity index (χ0v) is 10.7. The maximum atomic E-state index is 14.5. The van der Waals surface area contributed by atoms with E-state index in [1.165, 1.54) is 16.2 Å². The van der Waals surface area contributed by atoms with Crippen molar-refractivity contribution in [2.24, 2.45) is 0 Å². The number of alkyl halides is 1. The predicted molar refractivity (Wildman–Crippen MR) is 61.4 cm³/mol. The Bertz CT molecular complexity index is 404. The molecule has 0 aliphatic carbocycles. The number of rotatable bonds is 1. The molecule has 0 unspecified atom stereocenters. The highest BCUT2D eigenvalue weighted by Crippen LogP contribution is 2.39. The van der Waals surface area contributed by atoms with Crippen LogP contribution in [0.1, 0.15) is 17.8 Å². The number of likely N-dealkylation sites (tertiary alicyclic amines) is 1. The van der Waals surface area contributed by atoms with Crippen LogP contribution in [0.2, 0.25) is 0 Å². The standard InChI is InChI=1S/C9H10BrFN2O2S/c10-6-5-16-7(12-6)9(11)1-3-13(4-2-9)8(14)15/h5H,1-4H2,(H,14,15). The monoisotopic (exact) mass is 308 g/mol. The topological polar surface area (TPSA) is 53.4 Å². The van der Waals surface area contributed by atoms with Gasteiger partial charge in [0.25, 0.3) is 0 Å². The van der Waals surface area contributed by atoms with Crippen LogP contribution in [0.4, 0.5) is 9.18 Å². The lowest BCUT2D eigenvalue weighted by molar-refractivity contribution is 0.0549. The Kier molecular flexibility index (Phi) is 3.16. The number of carbonyl (C=O) groups is 1. The van der Waals surface area contributed by atoms with Crippen LogP contribution in [-0.4, -0.2) is 34.2 Å². The smallest absolute Gasteiger partial charge is 0.407 e. The summed E-state index contributed by atoms with van der Waals surface area (Å²) in [6, 6.07) is 0. The third-order valence-electron chi connectivity index (χ3n) is 2.69. The second kappa shape index (κ2) is 4.29. The summed E-state index contributed by atoms with van der Waals surface area (Å²) in [6.07, 6.45) is -0.624. The normalized spacial score (nSPS) is 19.8. The minimum Gasteiger partial charge on any atom is -0.465 e. The molecular formula is C9H10BrFN2O2S. The van der Waals surface area contributed by atoms with E-state index in [1.807, 2.05) is 0 Å². The summed E-state index contributed by atoms with van der Waals surface area (Å²) in [6.45, 7) is 0.450. The molecule has 16 heavy (non-hydrogen) atoms. The van der Waals surface area contributed by atoms with Crippen LogP contribution >= 0.6 is 27.3 Å². The third-order valence-corrected chi connectivity index (χ3v) is 4.42. The zero-order chi connectivity index (χ0) is 11.8. The van der Waals surface area contributed by atoms with Gasteiger partial charge in [-0.3, -0.25) is 0 Å². The quantitative estimate of drug-likeness (QED) is 0.868. The van der Waals surface area contributed by atoms with Gasteiger partial charge in [-0.15, -0.1) is 11.3 Å². The van der Waals surface area contributed by atoms with E-state index in [4.69, 9.17) is 5.11 Å². The first kappa shape index (κ1) is 11.8. The Balaban J connectivity index is 2.09. The van der Waals surface area contributed by atoms with Gasteiger partial charge in [-0.1, -0.05) is 0 Å². The van der Waals surface area contributed by atoms with Gasteiger partial charge >= 0.3 is 6.09 Å². The molecule has 1 amide bonds. The lowest BCUT2D eigenvalue weighted by Crippen LogP contribution is -2.42. The Morgan fingerprint density at radius 1 is 1.62 bits per heavy atom. The molecule has 0 saturated carbocycles. The summed E-state index contributed by atoms with van der Waals surface area (Å²) < 4.78 is 15.1. The van der Waals surface area contributed by atoms with Crippen molar-refractivity contribution in [3.05, 3.63) is 15.0 Å². The molecule has 0 spiro atoms. The maximum absolute atomic E-state index is 14.5. The van der Waals surface area contributed by atoms with Crippen molar-refractivity contribution in [2.75, 3.05) is 13.1 Å². The first-order chi connectivity index (χ1) is 7.51. The summed E-state index contributed by atoms with van der Waals surface area (Å²) in [4.78, 5) is 16.0. The lowest BCUT2D eigenvalue weighted by atomic mass is 9.94. The van der Waals surface area contributed by atoms with E-state index in [2.05, 4.69) is 20.9 Å². The van der Waals surface area contributed by atoms with Gasteiger partial charge in [-0.2, -0.15) is 0 Å². The van der Waals surface area contributed by atoms with Gasteiger partial charge in [0.05, 0.1) is 0 Å². The van der Waals surface area contributed by atoms with Crippen molar-refractivity contribution < 1.29 is 14.3 Å². The Morgan fingerprint density at radius 3 is 2.69 bits per heavy atom. The average Bonchev–Trinajstić information content (AvgIpc) is 2.66. The van der Waals surface area contributed by atoms with Gasteiger partial charge in [0, 0.05) is 31.3 Å². The molecule has 1 N–H and O–H groups in total. The molecule has 88 valence electrons. The van der Waals surface area contributed by atoms with Gasteiger partial charge < -0.3 is 10.0 Å². The second-order valence-corrected chi connectivity index (χ2v) is 5.38. The van der Waals surface area contributed by atoms with Gasteiger partial charge in [0.2, 0.25) is 0 Å². The highest BCUT2D eigenvalue weighted by atomic mass is 79.9. The lowest BCUT2D eigenvalue weighted by Gasteiger charge is -2.33. The van der Waals surface area contributed by atoms with E-state index in [9.17, 15) is 9.18 Å². The fourth-order valence-corrected chi connectivity index (χ4v) is 3.13. The Morgan fingerprint density at radius 2 is 2.25 bits per heavy atom. The first-order valence-electron chi connectivity index (χ1n) is 4.79. The summed E-state index contributed by atoms with van der Waals surface area (Å²) in [5.74, 6) is 0. The highest BCUT2D eigenvalue weighted by Gasteiger charge is 2.39. The molecule has 7 heteroatoms. The number of aromatic nitrogens is 1. The van der Waals surface area contributed by atoms with Gasteiger partial charge in [-0.05, 0) is 15.9 Å². The minimum atomic E-state index is -1.47. The van der Waals surface area contributed by atoms with Crippen molar-refractivity contribution in [3.8, 4) is 0 Å². The Labute approximate surface area is 104 Å². The van der Waals surface area contributed by atoms with E-state index in [1.54, 1.807) is 5.38 Å². The second-order valence-electron chi connectivity index (χ2n) is 3.71. The molecule has 1 aromatic rings. The van der Waals surface area contributed by atoms with Crippen molar-refractivity contribution in [3.63, 3.8) is 0 Å². The van der Waals surface area contributed by atoms with Crippen molar-refractivity contribution >= 4 is 33.4 Å². The van der Waals surface area contributed by atoms with Crippen LogP contribution in [0.5, 0.6) is 0 Å². The molecule has 1 aliphatic heterocycles.